The van der Waals surface area contributed by atoms with E-state index in [-0.39, 0.29) is 24.0 Å². The van der Waals surface area contributed by atoms with Crippen molar-refractivity contribution in [3.8, 4) is 0 Å². The third-order valence-corrected chi connectivity index (χ3v) is 2.68. The lowest BCUT2D eigenvalue weighted by Gasteiger charge is -2.05. The first-order valence-electron chi connectivity index (χ1n) is 5.44. The predicted molar refractivity (Wildman–Crippen MR) is 60.1 cm³/mol. The maximum atomic E-state index is 13.3. The smallest absolute Gasteiger partial charge is 0.126 e. The van der Waals surface area contributed by atoms with E-state index in [2.05, 4.69) is 0 Å². The van der Waals surface area contributed by atoms with Gasteiger partial charge in [0.05, 0.1) is 0 Å². The minimum Gasteiger partial charge on any atom is -0.207 e. The van der Waals surface area contributed by atoms with Gasteiger partial charge in [0.25, 0.3) is 0 Å². The van der Waals surface area contributed by atoms with Gasteiger partial charge in [-0.1, -0.05) is 0 Å². The van der Waals surface area contributed by atoms with Gasteiger partial charge in [0.1, 0.15) is 23.3 Å². The quantitative estimate of drug-likeness (QED) is 0.725. The van der Waals surface area contributed by atoms with E-state index in [0.29, 0.717) is 0 Å². The summed E-state index contributed by atoms with van der Waals surface area (Å²) in [5.74, 6) is -2.20. The molecule has 0 aromatic heterocycles. The molecule has 0 spiro atoms. The van der Waals surface area contributed by atoms with Crippen LogP contribution in [0.5, 0.6) is 0 Å². The highest BCUT2D eigenvalue weighted by Crippen LogP contribution is 2.16. The molecule has 0 unspecified atom stereocenters. The van der Waals surface area contributed by atoms with Gasteiger partial charge in [-0.3, -0.25) is 0 Å². The van der Waals surface area contributed by atoms with Crippen LogP contribution in [0.25, 0.3) is 0 Å². The highest BCUT2D eigenvalue weighted by molar-refractivity contribution is 5.23. The van der Waals surface area contributed by atoms with Crippen LogP contribution in [-0.4, -0.2) is 0 Å². The van der Waals surface area contributed by atoms with Crippen molar-refractivity contribution in [2.24, 2.45) is 0 Å². The van der Waals surface area contributed by atoms with E-state index < -0.39 is 23.3 Å². The Labute approximate surface area is 102 Å². The lowest BCUT2D eigenvalue weighted by molar-refractivity contribution is 0.572. The fraction of sp³-hybridized carbons (Fsp3) is 0.143. The summed E-state index contributed by atoms with van der Waals surface area (Å²) in [4.78, 5) is 0. The van der Waals surface area contributed by atoms with Crippen molar-refractivity contribution in [3.05, 3.63) is 70.8 Å². The van der Waals surface area contributed by atoms with Gasteiger partial charge in [-0.25, -0.2) is 17.6 Å². The molecule has 2 aromatic rings. The Morgan fingerprint density at radius 3 is 1.39 bits per heavy atom. The van der Waals surface area contributed by atoms with Gasteiger partial charge < -0.3 is 0 Å². The zero-order valence-corrected chi connectivity index (χ0v) is 9.39. The molecule has 4 heteroatoms. The summed E-state index contributed by atoms with van der Waals surface area (Å²) in [6.07, 6.45) is 0.230. The summed E-state index contributed by atoms with van der Waals surface area (Å²) in [5, 5.41) is 0. The Hall–Kier alpha value is -1.84. The molecule has 2 aromatic carbocycles. The number of aryl methyl sites for hydroxylation is 2. The van der Waals surface area contributed by atoms with E-state index >= 15 is 0 Å². The molecule has 0 aliphatic carbocycles. The van der Waals surface area contributed by atoms with Crippen molar-refractivity contribution in [2.75, 3.05) is 0 Å². The monoisotopic (exact) mass is 254 g/mol. The van der Waals surface area contributed by atoms with Crippen LogP contribution < -0.4 is 0 Å². The normalized spacial score (nSPS) is 10.7. The molecule has 94 valence electrons. The summed E-state index contributed by atoms with van der Waals surface area (Å²) in [7, 11) is 0. The second kappa shape index (κ2) is 5.21. The minimum atomic E-state index is -0.550. The average Bonchev–Trinajstić information content (AvgIpc) is 2.34. The highest BCUT2D eigenvalue weighted by Gasteiger charge is 2.08. The van der Waals surface area contributed by atoms with Crippen LogP contribution in [0.3, 0.4) is 0 Å². The largest absolute Gasteiger partial charge is 0.207 e. The Balaban J connectivity index is 2.16. The van der Waals surface area contributed by atoms with Gasteiger partial charge in [-0.15, -0.1) is 0 Å². The number of halogens is 4. The molecule has 0 saturated carbocycles. The third kappa shape index (κ3) is 2.88. The Bertz CT molecular complexity index is 512. The zero-order chi connectivity index (χ0) is 13.1. The summed E-state index contributed by atoms with van der Waals surface area (Å²) >= 11 is 0. The van der Waals surface area contributed by atoms with Crippen molar-refractivity contribution >= 4 is 0 Å². The molecule has 0 aliphatic rings. The van der Waals surface area contributed by atoms with Crippen molar-refractivity contribution in [3.63, 3.8) is 0 Å². The first-order chi connectivity index (χ1) is 8.56. The van der Waals surface area contributed by atoms with E-state index in [1.165, 1.54) is 0 Å². The molecule has 0 saturated heterocycles. The van der Waals surface area contributed by atoms with E-state index in [1.54, 1.807) is 0 Å². The standard InChI is InChI=1S/C14H10F4/c15-11-3-5-13(17)9(7-11)1-2-10-8-12(16)4-6-14(10)18/h3-8H,1-2H2. The molecule has 0 fully saturated rings. The number of benzene rings is 2. The summed E-state index contributed by atoms with van der Waals surface area (Å²) in [6.45, 7) is 0. The molecule has 0 nitrogen and oxygen atoms in total. The van der Waals surface area contributed by atoms with Crippen molar-refractivity contribution < 1.29 is 17.6 Å². The molecule has 0 radical (unpaired) electrons. The number of hydrogen-bond donors (Lipinski definition) is 0. The molecule has 0 N–H and O–H groups in total. The summed E-state index contributed by atoms with van der Waals surface area (Å²) in [6, 6.07) is 6.20. The lowest BCUT2D eigenvalue weighted by atomic mass is 10.0. The maximum absolute atomic E-state index is 13.3. The molecular formula is C14H10F4. The van der Waals surface area contributed by atoms with Gasteiger partial charge >= 0.3 is 0 Å². The van der Waals surface area contributed by atoms with Crippen LogP contribution in [0.15, 0.2) is 36.4 Å². The fourth-order valence-corrected chi connectivity index (χ4v) is 1.74. The average molecular weight is 254 g/mol. The molecule has 0 heterocycles. The van der Waals surface area contributed by atoms with E-state index in [0.717, 1.165) is 36.4 Å². The lowest BCUT2D eigenvalue weighted by Crippen LogP contribution is -1.98. The predicted octanol–water partition coefficient (Wildman–Crippen LogP) is 4.03. The van der Waals surface area contributed by atoms with Crippen molar-refractivity contribution in [2.45, 2.75) is 12.8 Å². The van der Waals surface area contributed by atoms with Gasteiger partial charge in [0.2, 0.25) is 0 Å². The van der Waals surface area contributed by atoms with Gasteiger partial charge in [-0.05, 0) is 60.4 Å². The maximum Gasteiger partial charge on any atom is 0.126 e. The second-order valence-electron chi connectivity index (χ2n) is 3.97. The molecule has 0 atom stereocenters. The minimum absolute atomic E-state index is 0.115. The Morgan fingerprint density at radius 1 is 0.611 bits per heavy atom. The van der Waals surface area contributed by atoms with Crippen LogP contribution >= 0.6 is 0 Å². The van der Waals surface area contributed by atoms with E-state index in [1.807, 2.05) is 0 Å². The highest BCUT2D eigenvalue weighted by atomic mass is 19.1. The van der Waals surface area contributed by atoms with Gasteiger partial charge in [0, 0.05) is 0 Å². The van der Waals surface area contributed by atoms with Crippen LogP contribution in [0.4, 0.5) is 17.6 Å². The zero-order valence-electron chi connectivity index (χ0n) is 9.39. The van der Waals surface area contributed by atoms with Crippen LogP contribution in [0.2, 0.25) is 0 Å². The fourth-order valence-electron chi connectivity index (χ4n) is 1.74. The molecule has 18 heavy (non-hydrogen) atoms. The number of hydrogen-bond acceptors (Lipinski definition) is 0. The van der Waals surface area contributed by atoms with Crippen LogP contribution in [0.1, 0.15) is 11.1 Å². The Kier molecular flexibility index (Phi) is 3.65. The van der Waals surface area contributed by atoms with E-state index in [4.69, 9.17) is 0 Å². The van der Waals surface area contributed by atoms with Gasteiger partial charge in [-0.2, -0.15) is 0 Å². The third-order valence-electron chi connectivity index (χ3n) is 2.68. The van der Waals surface area contributed by atoms with Crippen LogP contribution in [-0.2, 0) is 12.8 Å². The first kappa shape index (κ1) is 12.6. The molecule has 2 rings (SSSR count). The molecule has 0 amide bonds. The SMILES string of the molecule is Fc1ccc(F)c(CCc2cc(F)ccc2F)c1. The van der Waals surface area contributed by atoms with E-state index in [9.17, 15) is 17.6 Å². The second-order valence-corrected chi connectivity index (χ2v) is 3.97. The Morgan fingerprint density at radius 2 is 1.00 bits per heavy atom. The van der Waals surface area contributed by atoms with Crippen LogP contribution in [0, 0.1) is 23.3 Å². The van der Waals surface area contributed by atoms with Crippen molar-refractivity contribution in [1.29, 1.82) is 0 Å². The molecule has 0 aliphatic heterocycles. The molecule has 0 bridgehead atoms. The summed E-state index contributed by atoms with van der Waals surface area (Å²) < 4.78 is 52.5. The first-order valence-corrected chi connectivity index (χ1v) is 5.44. The molecular weight excluding hydrogens is 244 g/mol. The number of rotatable bonds is 3. The van der Waals surface area contributed by atoms with Crippen molar-refractivity contribution in [1.82, 2.24) is 0 Å². The summed E-state index contributed by atoms with van der Waals surface area (Å²) in [5.41, 5.74) is 0.303. The topological polar surface area (TPSA) is 0 Å². The van der Waals surface area contributed by atoms with Gasteiger partial charge in [0.15, 0.2) is 0 Å².